The van der Waals surface area contributed by atoms with E-state index in [9.17, 15) is 14.0 Å². The van der Waals surface area contributed by atoms with Gasteiger partial charge in [0, 0.05) is 24.5 Å². The molecule has 2 amide bonds. The highest BCUT2D eigenvalue weighted by Crippen LogP contribution is 2.30. The zero-order valence-electron chi connectivity index (χ0n) is 12.2. The number of carbonyl (C=O) groups excluding carboxylic acids is 2. The van der Waals surface area contributed by atoms with Crippen LogP contribution in [0.25, 0.3) is 10.1 Å². The topological polar surface area (TPSA) is 40.6 Å². The van der Waals surface area contributed by atoms with Gasteiger partial charge in [0.2, 0.25) is 5.91 Å². The molecule has 0 aliphatic carbocycles. The van der Waals surface area contributed by atoms with Gasteiger partial charge >= 0.3 is 0 Å². The molecule has 1 aromatic heterocycles. The first kappa shape index (κ1) is 15.3. The molecule has 4 nitrogen and oxygen atoms in total. The van der Waals surface area contributed by atoms with E-state index in [1.165, 1.54) is 28.4 Å². The summed E-state index contributed by atoms with van der Waals surface area (Å²) in [4.78, 5) is 28.5. The third-order valence-corrected chi connectivity index (χ3v) is 5.67. The minimum Gasteiger partial charge on any atom is -0.347 e. The number of rotatable bonds is 2. The number of fused-ring (bicyclic) bond motifs is 1. The van der Waals surface area contributed by atoms with E-state index in [1.807, 2.05) is 0 Å². The zero-order chi connectivity index (χ0) is 15.9. The first-order valence-corrected chi connectivity index (χ1v) is 8.73. The van der Waals surface area contributed by atoms with E-state index in [1.54, 1.807) is 42.9 Å². The molecular formula is C15H15FN2O2S2. The molecular weight excluding hydrogens is 323 g/mol. The molecule has 1 fully saturated rings. The van der Waals surface area contributed by atoms with Crippen LogP contribution in [-0.4, -0.2) is 53.4 Å². The van der Waals surface area contributed by atoms with Crippen molar-refractivity contribution in [1.29, 1.82) is 0 Å². The van der Waals surface area contributed by atoms with Crippen LogP contribution in [0.2, 0.25) is 0 Å². The van der Waals surface area contributed by atoms with E-state index in [-0.39, 0.29) is 17.6 Å². The lowest BCUT2D eigenvalue weighted by atomic mass is 10.2. The summed E-state index contributed by atoms with van der Waals surface area (Å²) in [5, 5.41) is 0.718. The summed E-state index contributed by atoms with van der Waals surface area (Å²) in [5.74, 6) is 0.576. The molecule has 0 radical (unpaired) electrons. The first-order valence-electron chi connectivity index (χ1n) is 6.76. The maximum atomic E-state index is 13.3. The number of hydrogen-bond acceptors (Lipinski definition) is 4. The van der Waals surface area contributed by atoms with Gasteiger partial charge in [-0.2, -0.15) is 0 Å². The average molecular weight is 338 g/mol. The minimum atomic E-state index is -0.422. The van der Waals surface area contributed by atoms with E-state index in [0.29, 0.717) is 16.5 Å². The molecule has 1 atom stereocenters. The Balaban J connectivity index is 1.89. The lowest BCUT2D eigenvalue weighted by Crippen LogP contribution is -2.46. The van der Waals surface area contributed by atoms with Crippen molar-refractivity contribution in [2.24, 2.45) is 0 Å². The van der Waals surface area contributed by atoms with Crippen molar-refractivity contribution < 1.29 is 14.0 Å². The summed E-state index contributed by atoms with van der Waals surface area (Å²) < 4.78 is 14.1. The minimum absolute atomic E-state index is 0.0643. The zero-order valence-corrected chi connectivity index (χ0v) is 13.8. The fourth-order valence-corrected chi connectivity index (χ4v) is 4.55. The Labute approximate surface area is 135 Å². The highest BCUT2D eigenvalue weighted by atomic mass is 32.2. The van der Waals surface area contributed by atoms with Crippen molar-refractivity contribution in [2.45, 2.75) is 6.04 Å². The van der Waals surface area contributed by atoms with Crippen molar-refractivity contribution in [1.82, 2.24) is 9.80 Å². The summed E-state index contributed by atoms with van der Waals surface area (Å²) in [6.07, 6.45) is 0. The van der Waals surface area contributed by atoms with Crippen LogP contribution in [0.15, 0.2) is 24.3 Å². The predicted molar refractivity (Wildman–Crippen MR) is 87.8 cm³/mol. The Morgan fingerprint density at radius 3 is 2.82 bits per heavy atom. The maximum Gasteiger partial charge on any atom is 0.265 e. The third-order valence-electron chi connectivity index (χ3n) is 3.56. The maximum absolute atomic E-state index is 13.3. The SMILES string of the molecule is CN(C)C(=O)[C@H]1CSCN1C(=O)c1cc2cc(F)ccc2s1. The van der Waals surface area contributed by atoms with Crippen LogP contribution in [0.3, 0.4) is 0 Å². The second kappa shape index (κ2) is 5.89. The molecule has 3 rings (SSSR count). The van der Waals surface area contributed by atoms with Crippen LogP contribution in [0.1, 0.15) is 9.67 Å². The summed E-state index contributed by atoms with van der Waals surface area (Å²) in [5.41, 5.74) is 0. The van der Waals surface area contributed by atoms with Gasteiger partial charge in [0.1, 0.15) is 11.9 Å². The number of carbonyl (C=O) groups is 2. The number of nitrogens with zero attached hydrogens (tertiary/aromatic N) is 2. The number of thiophene rings is 1. The van der Waals surface area contributed by atoms with Crippen molar-refractivity contribution in [3.05, 3.63) is 35.0 Å². The van der Waals surface area contributed by atoms with Crippen LogP contribution in [-0.2, 0) is 4.79 Å². The van der Waals surface area contributed by atoms with Gasteiger partial charge in [-0.1, -0.05) is 0 Å². The van der Waals surface area contributed by atoms with E-state index in [2.05, 4.69) is 0 Å². The van der Waals surface area contributed by atoms with E-state index < -0.39 is 6.04 Å². The molecule has 1 aliphatic rings. The Kier molecular flexibility index (Phi) is 4.10. The molecule has 116 valence electrons. The highest BCUT2D eigenvalue weighted by molar-refractivity contribution is 7.99. The first-order chi connectivity index (χ1) is 10.5. The normalized spacial score (nSPS) is 18.0. The summed E-state index contributed by atoms with van der Waals surface area (Å²) >= 11 is 2.90. The average Bonchev–Trinajstić information content (AvgIpc) is 3.11. The number of amides is 2. The molecule has 0 unspecified atom stereocenters. The van der Waals surface area contributed by atoms with Gasteiger partial charge in [0.15, 0.2) is 0 Å². The van der Waals surface area contributed by atoms with Gasteiger partial charge in [0.05, 0.1) is 10.8 Å². The van der Waals surface area contributed by atoms with Crippen LogP contribution in [0, 0.1) is 5.82 Å². The molecule has 2 aromatic rings. The predicted octanol–water partition coefficient (Wildman–Crippen LogP) is 2.64. The van der Waals surface area contributed by atoms with Gasteiger partial charge in [0.25, 0.3) is 5.91 Å². The second-order valence-electron chi connectivity index (χ2n) is 5.32. The van der Waals surface area contributed by atoms with Gasteiger partial charge < -0.3 is 9.80 Å². The summed E-state index contributed by atoms with van der Waals surface area (Å²) in [6, 6.07) is 5.76. The van der Waals surface area contributed by atoms with Gasteiger partial charge in [-0.05, 0) is 29.7 Å². The monoisotopic (exact) mass is 338 g/mol. The Bertz CT molecular complexity index is 744. The molecule has 0 N–H and O–H groups in total. The van der Waals surface area contributed by atoms with Crippen LogP contribution in [0.4, 0.5) is 4.39 Å². The number of thioether (sulfide) groups is 1. The van der Waals surface area contributed by atoms with Crippen LogP contribution >= 0.6 is 23.1 Å². The quantitative estimate of drug-likeness (QED) is 0.845. The Morgan fingerprint density at radius 2 is 2.09 bits per heavy atom. The molecule has 1 aromatic carbocycles. The van der Waals surface area contributed by atoms with Crippen molar-refractivity contribution in [2.75, 3.05) is 25.7 Å². The van der Waals surface area contributed by atoms with Gasteiger partial charge in [-0.3, -0.25) is 9.59 Å². The van der Waals surface area contributed by atoms with E-state index in [4.69, 9.17) is 0 Å². The van der Waals surface area contributed by atoms with Gasteiger partial charge in [-0.15, -0.1) is 23.1 Å². The lowest BCUT2D eigenvalue weighted by molar-refractivity contribution is -0.132. The van der Waals surface area contributed by atoms with Crippen molar-refractivity contribution in [3.8, 4) is 0 Å². The molecule has 0 saturated carbocycles. The summed E-state index contributed by atoms with van der Waals surface area (Å²) in [7, 11) is 3.38. The molecule has 7 heteroatoms. The second-order valence-corrected chi connectivity index (χ2v) is 7.40. The smallest absolute Gasteiger partial charge is 0.265 e. The number of likely N-dealkylation sites (N-methyl/N-ethyl adjacent to an activating group) is 1. The van der Waals surface area contributed by atoms with E-state index >= 15 is 0 Å². The number of benzene rings is 1. The van der Waals surface area contributed by atoms with Crippen LogP contribution in [0.5, 0.6) is 0 Å². The molecule has 2 heterocycles. The molecule has 1 saturated heterocycles. The molecule has 22 heavy (non-hydrogen) atoms. The van der Waals surface area contributed by atoms with Gasteiger partial charge in [-0.25, -0.2) is 4.39 Å². The highest BCUT2D eigenvalue weighted by Gasteiger charge is 2.36. The number of hydrogen-bond donors (Lipinski definition) is 0. The third kappa shape index (κ3) is 2.70. The molecule has 0 spiro atoms. The van der Waals surface area contributed by atoms with Crippen molar-refractivity contribution in [3.63, 3.8) is 0 Å². The molecule has 0 bridgehead atoms. The number of halogens is 1. The van der Waals surface area contributed by atoms with Crippen LogP contribution < -0.4 is 0 Å². The Hall–Kier alpha value is -1.60. The van der Waals surface area contributed by atoms with Crippen molar-refractivity contribution >= 4 is 45.0 Å². The Morgan fingerprint density at radius 1 is 1.32 bits per heavy atom. The lowest BCUT2D eigenvalue weighted by Gasteiger charge is -2.24. The van der Waals surface area contributed by atoms with E-state index in [0.717, 1.165) is 10.1 Å². The largest absolute Gasteiger partial charge is 0.347 e. The fourth-order valence-electron chi connectivity index (χ4n) is 2.41. The fraction of sp³-hybridized carbons (Fsp3) is 0.333. The standard InChI is InChI=1S/C15H15FN2O2S2/c1-17(2)14(19)11-7-21-8-18(11)15(20)13-6-9-5-10(16)3-4-12(9)22-13/h3-6,11H,7-8H2,1-2H3/t11-/m1/s1. The molecule has 1 aliphatic heterocycles. The summed E-state index contributed by atoms with van der Waals surface area (Å²) in [6.45, 7) is 0.